The SMILES string of the molecule is NC(=NCC(=O)N1CCOCC1)Nc1cccc(Oc2ccccc2)c1. The molecule has 1 fully saturated rings. The Bertz CT molecular complexity index is 758. The average molecular weight is 354 g/mol. The van der Waals surface area contributed by atoms with Gasteiger partial charge in [-0.25, -0.2) is 4.99 Å². The number of benzene rings is 2. The highest BCUT2D eigenvalue weighted by molar-refractivity contribution is 5.94. The van der Waals surface area contributed by atoms with Crippen molar-refractivity contribution < 1.29 is 14.3 Å². The van der Waals surface area contributed by atoms with Crippen LogP contribution in [0.3, 0.4) is 0 Å². The van der Waals surface area contributed by atoms with Gasteiger partial charge in [0.25, 0.3) is 0 Å². The second kappa shape index (κ2) is 8.87. The fourth-order valence-corrected chi connectivity index (χ4v) is 2.51. The topological polar surface area (TPSA) is 89.2 Å². The molecule has 0 radical (unpaired) electrons. The van der Waals surface area contributed by atoms with E-state index in [1.54, 1.807) is 4.90 Å². The van der Waals surface area contributed by atoms with Crippen LogP contribution >= 0.6 is 0 Å². The third-order valence-electron chi connectivity index (χ3n) is 3.83. The number of aliphatic imine (C=N–C) groups is 1. The Labute approximate surface area is 152 Å². The van der Waals surface area contributed by atoms with Crippen molar-refractivity contribution in [2.75, 3.05) is 38.2 Å². The molecule has 1 amide bonds. The van der Waals surface area contributed by atoms with Gasteiger partial charge in [0, 0.05) is 24.8 Å². The zero-order valence-corrected chi connectivity index (χ0v) is 14.4. The number of carbonyl (C=O) groups excluding carboxylic acids is 1. The molecule has 2 aromatic carbocycles. The van der Waals surface area contributed by atoms with E-state index in [4.69, 9.17) is 15.2 Å². The summed E-state index contributed by atoms with van der Waals surface area (Å²) in [5, 5.41) is 2.98. The molecule has 7 nitrogen and oxygen atoms in total. The van der Waals surface area contributed by atoms with Gasteiger partial charge in [0.2, 0.25) is 5.91 Å². The van der Waals surface area contributed by atoms with Crippen LogP contribution in [0.15, 0.2) is 59.6 Å². The minimum atomic E-state index is -0.0563. The number of anilines is 1. The summed E-state index contributed by atoms with van der Waals surface area (Å²) in [6.45, 7) is 2.34. The van der Waals surface area contributed by atoms with Gasteiger partial charge in [-0.2, -0.15) is 0 Å². The maximum absolute atomic E-state index is 12.1. The lowest BCUT2D eigenvalue weighted by molar-refractivity contribution is -0.133. The number of nitrogens with zero attached hydrogens (tertiary/aromatic N) is 2. The normalized spacial score (nSPS) is 14.8. The predicted octanol–water partition coefficient (Wildman–Crippen LogP) is 2.06. The van der Waals surface area contributed by atoms with Gasteiger partial charge in [-0.05, 0) is 24.3 Å². The number of amides is 1. The number of ether oxygens (including phenoxy) is 2. The summed E-state index contributed by atoms with van der Waals surface area (Å²) in [5.74, 6) is 1.56. The van der Waals surface area contributed by atoms with Crippen molar-refractivity contribution in [3.05, 3.63) is 54.6 Å². The van der Waals surface area contributed by atoms with E-state index in [1.165, 1.54) is 0 Å². The fourth-order valence-electron chi connectivity index (χ4n) is 2.51. The van der Waals surface area contributed by atoms with E-state index in [9.17, 15) is 4.79 Å². The molecule has 0 bridgehead atoms. The van der Waals surface area contributed by atoms with Crippen LogP contribution in [0.25, 0.3) is 0 Å². The minimum Gasteiger partial charge on any atom is -0.457 e. The molecule has 1 heterocycles. The lowest BCUT2D eigenvalue weighted by atomic mass is 10.3. The molecule has 0 unspecified atom stereocenters. The molecule has 1 aliphatic heterocycles. The number of hydrogen-bond acceptors (Lipinski definition) is 4. The number of para-hydroxylation sites is 1. The molecule has 136 valence electrons. The van der Waals surface area contributed by atoms with Crippen LogP contribution in [0.1, 0.15) is 0 Å². The maximum Gasteiger partial charge on any atom is 0.244 e. The zero-order valence-electron chi connectivity index (χ0n) is 14.4. The number of rotatable bonds is 5. The van der Waals surface area contributed by atoms with E-state index in [2.05, 4.69) is 10.3 Å². The van der Waals surface area contributed by atoms with E-state index < -0.39 is 0 Å². The van der Waals surface area contributed by atoms with E-state index in [0.29, 0.717) is 32.1 Å². The molecule has 0 saturated carbocycles. The number of nitrogens with one attached hydrogen (secondary N) is 1. The highest BCUT2D eigenvalue weighted by Crippen LogP contribution is 2.23. The molecule has 1 saturated heterocycles. The van der Waals surface area contributed by atoms with Crippen LogP contribution in [0, 0.1) is 0 Å². The molecular weight excluding hydrogens is 332 g/mol. The summed E-state index contributed by atoms with van der Waals surface area (Å²) in [6.07, 6.45) is 0. The second-order valence-corrected chi connectivity index (χ2v) is 5.76. The Morgan fingerprint density at radius 1 is 1.12 bits per heavy atom. The summed E-state index contributed by atoms with van der Waals surface area (Å²) in [5.41, 5.74) is 6.62. The van der Waals surface area contributed by atoms with Gasteiger partial charge in [0.15, 0.2) is 5.96 Å². The quantitative estimate of drug-likeness (QED) is 0.634. The predicted molar refractivity (Wildman–Crippen MR) is 100 cm³/mol. The molecule has 0 atom stereocenters. The van der Waals surface area contributed by atoms with Crippen LogP contribution in [-0.4, -0.2) is 49.6 Å². The number of nitrogens with two attached hydrogens (primary N) is 1. The largest absolute Gasteiger partial charge is 0.457 e. The van der Waals surface area contributed by atoms with Crippen molar-refractivity contribution in [1.82, 2.24) is 4.90 Å². The third-order valence-corrected chi connectivity index (χ3v) is 3.83. The van der Waals surface area contributed by atoms with E-state index in [0.717, 1.165) is 11.4 Å². The molecule has 7 heteroatoms. The highest BCUT2D eigenvalue weighted by Gasteiger charge is 2.16. The van der Waals surface area contributed by atoms with Crippen LogP contribution in [0.4, 0.5) is 5.69 Å². The van der Waals surface area contributed by atoms with Crippen molar-refractivity contribution in [2.24, 2.45) is 10.7 Å². The Morgan fingerprint density at radius 3 is 2.62 bits per heavy atom. The van der Waals surface area contributed by atoms with Crippen LogP contribution in [0.5, 0.6) is 11.5 Å². The summed E-state index contributed by atoms with van der Waals surface area (Å²) in [4.78, 5) is 17.9. The monoisotopic (exact) mass is 354 g/mol. The first-order valence-electron chi connectivity index (χ1n) is 8.46. The first-order valence-corrected chi connectivity index (χ1v) is 8.46. The highest BCUT2D eigenvalue weighted by atomic mass is 16.5. The first-order chi connectivity index (χ1) is 12.7. The molecule has 26 heavy (non-hydrogen) atoms. The Balaban J connectivity index is 1.55. The fraction of sp³-hybridized carbons (Fsp3) is 0.263. The summed E-state index contributed by atoms with van der Waals surface area (Å²) >= 11 is 0. The third kappa shape index (κ3) is 5.22. The van der Waals surface area contributed by atoms with Gasteiger partial charge in [0.05, 0.1) is 13.2 Å². The van der Waals surface area contributed by atoms with Gasteiger partial charge < -0.3 is 25.4 Å². The Hall–Kier alpha value is -3.06. The Kier molecular flexibility index (Phi) is 6.05. The van der Waals surface area contributed by atoms with Gasteiger partial charge in [-0.1, -0.05) is 24.3 Å². The minimum absolute atomic E-state index is 0.0129. The smallest absolute Gasteiger partial charge is 0.244 e. The number of guanidine groups is 1. The van der Waals surface area contributed by atoms with Gasteiger partial charge in [-0.3, -0.25) is 4.79 Å². The molecule has 0 spiro atoms. The van der Waals surface area contributed by atoms with Crippen molar-refractivity contribution in [3.8, 4) is 11.5 Å². The zero-order chi connectivity index (χ0) is 18.2. The molecule has 0 aliphatic carbocycles. The van der Waals surface area contributed by atoms with Crippen molar-refractivity contribution >= 4 is 17.6 Å². The molecular formula is C19H22N4O3. The number of hydrogen-bond donors (Lipinski definition) is 2. The molecule has 0 aromatic heterocycles. The van der Waals surface area contributed by atoms with Crippen LogP contribution < -0.4 is 15.8 Å². The van der Waals surface area contributed by atoms with Gasteiger partial charge in [-0.15, -0.1) is 0 Å². The standard InChI is InChI=1S/C19H22N4O3/c20-19(21-14-18(24)23-9-11-25-12-10-23)22-15-5-4-8-17(13-15)26-16-6-2-1-3-7-16/h1-8,13H,9-12,14H2,(H3,20,21,22). The van der Waals surface area contributed by atoms with Crippen LogP contribution in [-0.2, 0) is 9.53 Å². The number of carbonyl (C=O) groups is 1. The molecule has 3 rings (SSSR count). The van der Waals surface area contributed by atoms with Crippen molar-refractivity contribution in [1.29, 1.82) is 0 Å². The summed E-state index contributed by atoms with van der Waals surface area (Å²) in [7, 11) is 0. The molecule has 3 N–H and O–H groups in total. The van der Waals surface area contributed by atoms with Crippen molar-refractivity contribution in [2.45, 2.75) is 0 Å². The van der Waals surface area contributed by atoms with Crippen LogP contribution in [0.2, 0.25) is 0 Å². The van der Waals surface area contributed by atoms with Gasteiger partial charge >= 0.3 is 0 Å². The first kappa shape index (κ1) is 17.8. The van der Waals surface area contributed by atoms with E-state index in [1.807, 2.05) is 54.6 Å². The maximum atomic E-state index is 12.1. The average Bonchev–Trinajstić information content (AvgIpc) is 2.68. The molecule has 2 aromatic rings. The lowest BCUT2D eigenvalue weighted by Gasteiger charge is -2.26. The second-order valence-electron chi connectivity index (χ2n) is 5.76. The lowest BCUT2D eigenvalue weighted by Crippen LogP contribution is -2.42. The van der Waals surface area contributed by atoms with Gasteiger partial charge in [0.1, 0.15) is 18.0 Å². The van der Waals surface area contributed by atoms with E-state index >= 15 is 0 Å². The van der Waals surface area contributed by atoms with E-state index in [-0.39, 0.29) is 18.4 Å². The summed E-state index contributed by atoms with van der Waals surface area (Å²) in [6, 6.07) is 16.9. The van der Waals surface area contributed by atoms with Crippen molar-refractivity contribution in [3.63, 3.8) is 0 Å². The Morgan fingerprint density at radius 2 is 1.85 bits per heavy atom. The number of morpholine rings is 1. The summed E-state index contributed by atoms with van der Waals surface area (Å²) < 4.78 is 11.0. The molecule has 1 aliphatic rings.